The monoisotopic (exact) mass is 226 g/mol. The summed E-state index contributed by atoms with van der Waals surface area (Å²) in [6, 6.07) is 3.43. The van der Waals surface area contributed by atoms with Crippen LogP contribution in [-0.2, 0) is 4.74 Å². The fraction of sp³-hybridized carbons (Fsp3) is 0.545. The van der Waals surface area contributed by atoms with Crippen molar-refractivity contribution in [3.05, 3.63) is 23.7 Å². The highest BCUT2D eigenvalue weighted by Gasteiger charge is 2.08. The minimum Gasteiger partial charge on any atom is -0.456 e. The third-order valence-corrected chi connectivity index (χ3v) is 1.98. The molecule has 1 amide bonds. The van der Waals surface area contributed by atoms with Gasteiger partial charge in [-0.2, -0.15) is 0 Å². The van der Waals surface area contributed by atoms with E-state index in [1.807, 2.05) is 0 Å². The molecule has 1 aromatic heterocycles. The van der Waals surface area contributed by atoms with Gasteiger partial charge >= 0.3 is 0 Å². The van der Waals surface area contributed by atoms with Crippen LogP contribution in [0.3, 0.4) is 0 Å². The first kappa shape index (κ1) is 12.7. The first-order valence-corrected chi connectivity index (χ1v) is 5.36. The molecule has 5 heteroatoms. The van der Waals surface area contributed by atoms with E-state index >= 15 is 0 Å². The van der Waals surface area contributed by atoms with Gasteiger partial charge in [-0.1, -0.05) is 0 Å². The van der Waals surface area contributed by atoms with Crippen molar-refractivity contribution in [1.29, 1.82) is 0 Å². The highest BCUT2D eigenvalue weighted by molar-refractivity contribution is 5.91. The van der Waals surface area contributed by atoms with Gasteiger partial charge in [-0.3, -0.25) is 4.79 Å². The van der Waals surface area contributed by atoms with Gasteiger partial charge in [0, 0.05) is 19.7 Å². The number of amides is 1. The number of nitrogens with two attached hydrogens (primary N) is 1. The van der Waals surface area contributed by atoms with E-state index in [4.69, 9.17) is 14.9 Å². The molecule has 0 aliphatic rings. The summed E-state index contributed by atoms with van der Waals surface area (Å²) in [6.45, 7) is 4.07. The maximum absolute atomic E-state index is 11.5. The zero-order chi connectivity index (χ0) is 11.8. The van der Waals surface area contributed by atoms with Crippen molar-refractivity contribution in [2.45, 2.75) is 13.3 Å². The van der Waals surface area contributed by atoms with Crippen LogP contribution >= 0.6 is 0 Å². The minimum atomic E-state index is -0.188. The number of hydrogen-bond donors (Lipinski definition) is 2. The van der Waals surface area contributed by atoms with Crippen LogP contribution < -0.4 is 11.1 Å². The Morgan fingerprint density at radius 1 is 1.50 bits per heavy atom. The second kappa shape index (κ2) is 7.03. The number of aryl methyl sites for hydroxylation is 1. The Hall–Kier alpha value is -1.33. The van der Waals surface area contributed by atoms with E-state index in [2.05, 4.69) is 5.32 Å². The molecule has 0 saturated heterocycles. The Morgan fingerprint density at radius 2 is 2.31 bits per heavy atom. The Kier molecular flexibility index (Phi) is 5.60. The Morgan fingerprint density at radius 3 is 2.94 bits per heavy atom. The number of carbonyl (C=O) groups excluding carboxylic acids is 1. The summed E-state index contributed by atoms with van der Waals surface area (Å²) in [7, 11) is 0. The fourth-order valence-electron chi connectivity index (χ4n) is 1.21. The van der Waals surface area contributed by atoms with Crippen molar-refractivity contribution in [2.24, 2.45) is 5.73 Å². The van der Waals surface area contributed by atoms with Crippen molar-refractivity contribution in [2.75, 3.05) is 26.3 Å². The summed E-state index contributed by atoms with van der Waals surface area (Å²) in [5.74, 6) is 0.892. The smallest absolute Gasteiger partial charge is 0.286 e. The number of carbonyl (C=O) groups is 1. The molecule has 1 aromatic rings. The second-order valence-corrected chi connectivity index (χ2v) is 3.42. The van der Waals surface area contributed by atoms with Gasteiger partial charge in [0.2, 0.25) is 0 Å². The van der Waals surface area contributed by atoms with Crippen LogP contribution in [0.5, 0.6) is 0 Å². The minimum absolute atomic E-state index is 0.188. The van der Waals surface area contributed by atoms with Gasteiger partial charge < -0.3 is 20.2 Å². The highest BCUT2D eigenvalue weighted by Crippen LogP contribution is 2.05. The third-order valence-electron chi connectivity index (χ3n) is 1.98. The number of furan rings is 1. The normalized spacial score (nSPS) is 10.4. The van der Waals surface area contributed by atoms with Crippen LogP contribution in [-0.4, -0.2) is 32.2 Å². The SMILES string of the molecule is Cc1ccc(C(=O)NCCCOCCN)o1. The van der Waals surface area contributed by atoms with Crippen LogP contribution in [0.15, 0.2) is 16.5 Å². The summed E-state index contributed by atoms with van der Waals surface area (Å²) in [5, 5.41) is 2.75. The molecule has 0 atom stereocenters. The molecule has 0 aromatic carbocycles. The zero-order valence-electron chi connectivity index (χ0n) is 9.49. The van der Waals surface area contributed by atoms with Crippen LogP contribution in [0.4, 0.5) is 0 Å². The molecule has 0 spiro atoms. The largest absolute Gasteiger partial charge is 0.456 e. The lowest BCUT2D eigenvalue weighted by Gasteiger charge is -2.03. The average molecular weight is 226 g/mol. The number of hydrogen-bond acceptors (Lipinski definition) is 4. The second-order valence-electron chi connectivity index (χ2n) is 3.42. The summed E-state index contributed by atoms with van der Waals surface area (Å²) in [6.07, 6.45) is 0.769. The highest BCUT2D eigenvalue weighted by atomic mass is 16.5. The number of ether oxygens (including phenoxy) is 1. The van der Waals surface area contributed by atoms with Gasteiger partial charge in [-0.05, 0) is 25.5 Å². The van der Waals surface area contributed by atoms with Gasteiger partial charge in [0.15, 0.2) is 5.76 Å². The molecule has 1 heterocycles. The average Bonchev–Trinajstić information content (AvgIpc) is 2.70. The molecule has 16 heavy (non-hydrogen) atoms. The van der Waals surface area contributed by atoms with Crippen molar-refractivity contribution in [3.63, 3.8) is 0 Å². The Labute approximate surface area is 94.9 Å². The molecule has 5 nitrogen and oxygen atoms in total. The van der Waals surface area contributed by atoms with E-state index in [1.54, 1.807) is 19.1 Å². The van der Waals surface area contributed by atoms with Crippen molar-refractivity contribution in [3.8, 4) is 0 Å². The van der Waals surface area contributed by atoms with E-state index in [0.29, 0.717) is 32.1 Å². The molecule has 90 valence electrons. The van der Waals surface area contributed by atoms with Gasteiger partial charge in [-0.15, -0.1) is 0 Å². The molecule has 0 fully saturated rings. The van der Waals surface area contributed by atoms with Gasteiger partial charge in [0.05, 0.1) is 6.61 Å². The number of rotatable bonds is 7. The summed E-state index contributed by atoms with van der Waals surface area (Å²) in [5.41, 5.74) is 5.26. The van der Waals surface area contributed by atoms with E-state index in [9.17, 15) is 4.79 Å². The quantitative estimate of drug-likeness (QED) is 0.670. The lowest BCUT2D eigenvalue weighted by molar-refractivity contribution is 0.0914. The lowest BCUT2D eigenvalue weighted by atomic mass is 10.4. The predicted octanol–water partition coefficient (Wildman–Crippen LogP) is 0.683. The molecule has 0 saturated carbocycles. The predicted molar refractivity (Wildman–Crippen MR) is 60.3 cm³/mol. The topological polar surface area (TPSA) is 77.5 Å². The zero-order valence-corrected chi connectivity index (χ0v) is 9.49. The Bertz CT molecular complexity index is 323. The molecule has 3 N–H and O–H groups in total. The van der Waals surface area contributed by atoms with Gasteiger partial charge in [0.25, 0.3) is 5.91 Å². The molecular weight excluding hydrogens is 208 g/mol. The van der Waals surface area contributed by atoms with Crippen molar-refractivity contribution in [1.82, 2.24) is 5.32 Å². The first-order chi connectivity index (χ1) is 7.74. The Balaban J connectivity index is 2.11. The van der Waals surface area contributed by atoms with Crippen molar-refractivity contribution >= 4 is 5.91 Å². The molecular formula is C11H18N2O3. The molecule has 0 radical (unpaired) electrons. The van der Waals surface area contributed by atoms with E-state index < -0.39 is 0 Å². The molecule has 0 aliphatic carbocycles. The molecule has 1 rings (SSSR count). The van der Waals surface area contributed by atoms with Crippen molar-refractivity contribution < 1.29 is 13.9 Å². The standard InChI is InChI=1S/C11H18N2O3/c1-9-3-4-10(16-9)11(14)13-6-2-7-15-8-5-12/h3-4H,2,5-8,12H2,1H3,(H,13,14). The van der Waals surface area contributed by atoms with E-state index in [-0.39, 0.29) is 5.91 Å². The first-order valence-electron chi connectivity index (χ1n) is 5.36. The van der Waals surface area contributed by atoms with Crippen LogP contribution in [0, 0.1) is 6.92 Å². The maximum atomic E-state index is 11.5. The number of nitrogens with one attached hydrogen (secondary N) is 1. The molecule has 0 unspecified atom stereocenters. The summed E-state index contributed by atoms with van der Waals surface area (Å²) < 4.78 is 10.4. The molecule has 0 aliphatic heterocycles. The maximum Gasteiger partial charge on any atom is 0.286 e. The fourth-order valence-corrected chi connectivity index (χ4v) is 1.21. The van der Waals surface area contributed by atoms with Gasteiger partial charge in [0.1, 0.15) is 5.76 Å². The van der Waals surface area contributed by atoms with Crippen LogP contribution in [0.25, 0.3) is 0 Å². The van der Waals surface area contributed by atoms with E-state index in [0.717, 1.165) is 12.2 Å². The third kappa shape index (κ3) is 4.46. The summed E-state index contributed by atoms with van der Waals surface area (Å²) >= 11 is 0. The van der Waals surface area contributed by atoms with E-state index in [1.165, 1.54) is 0 Å². The lowest BCUT2D eigenvalue weighted by Crippen LogP contribution is -2.25. The summed E-state index contributed by atoms with van der Waals surface area (Å²) in [4.78, 5) is 11.5. The molecule has 0 bridgehead atoms. The van der Waals surface area contributed by atoms with Gasteiger partial charge in [-0.25, -0.2) is 0 Å². The van der Waals surface area contributed by atoms with Crippen LogP contribution in [0.1, 0.15) is 22.7 Å². The van der Waals surface area contributed by atoms with Crippen LogP contribution in [0.2, 0.25) is 0 Å².